The maximum atomic E-state index is 13.9. The first-order valence-electron chi connectivity index (χ1n) is 7.73. The van der Waals surface area contributed by atoms with Gasteiger partial charge in [0, 0.05) is 36.2 Å². The average Bonchev–Trinajstić information content (AvgIpc) is 2.58. The second-order valence-corrected chi connectivity index (χ2v) is 6.45. The summed E-state index contributed by atoms with van der Waals surface area (Å²) in [6.45, 7) is 3.68. The van der Waals surface area contributed by atoms with Crippen molar-refractivity contribution in [3.63, 3.8) is 0 Å². The molecular weight excluding hydrogens is 359 g/mol. The van der Waals surface area contributed by atoms with Crippen LogP contribution < -0.4 is 10.1 Å². The smallest absolute Gasteiger partial charge is 0.124 e. The van der Waals surface area contributed by atoms with E-state index in [4.69, 9.17) is 4.74 Å². The molecule has 0 aromatic heterocycles. The highest BCUT2D eigenvalue weighted by Crippen LogP contribution is 2.38. The molecule has 122 valence electrons. The molecule has 1 aliphatic rings. The summed E-state index contributed by atoms with van der Waals surface area (Å²) in [5.41, 5.74) is 1.99. The van der Waals surface area contributed by atoms with Crippen molar-refractivity contribution in [2.24, 2.45) is 0 Å². The number of piperazine rings is 1. The predicted octanol–water partition coefficient (Wildman–Crippen LogP) is 3.59. The molecule has 1 atom stereocenters. The van der Waals surface area contributed by atoms with Crippen LogP contribution in [-0.4, -0.2) is 38.2 Å². The quantitative estimate of drug-likeness (QED) is 0.879. The van der Waals surface area contributed by atoms with Crippen molar-refractivity contribution >= 4 is 15.9 Å². The van der Waals surface area contributed by atoms with Crippen molar-refractivity contribution in [3.8, 4) is 5.75 Å². The third-order valence-electron chi connectivity index (χ3n) is 4.20. The number of nitrogens with zero attached hydrogens (tertiary/aromatic N) is 1. The maximum Gasteiger partial charge on any atom is 0.124 e. The van der Waals surface area contributed by atoms with Crippen LogP contribution in [0.4, 0.5) is 4.39 Å². The minimum atomic E-state index is -0.243. The molecule has 2 aromatic rings. The minimum absolute atomic E-state index is 0.0432. The molecule has 23 heavy (non-hydrogen) atoms. The second-order valence-electron chi connectivity index (χ2n) is 5.60. The van der Waals surface area contributed by atoms with Crippen LogP contribution in [0.2, 0.25) is 0 Å². The summed E-state index contributed by atoms with van der Waals surface area (Å²) in [5.74, 6) is 0.471. The molecule has 1 heterocycles. The van der Waals surface area contributed by atoms with Gasteiger partial charge in [-0.1, -0.05) is 34.1 Å². The summed E-state index contributed by atoms with van der Waals surface area (Å²) in [7, 11) is 1.63. The zero-order chi connectivity index (χ0) is 16.2. The van der Waals surface area contributed by atoms with Crippen LogP contribution >= 0.6 is 15.9 Å². The highest BCUT2D eigenvalue weighted by atomic mass is 79.9. The minimum Gasteiger partial charge on any atom is -0.496 e. The van der Waals surface area contributed by atoms with Crippen molar-refractivity contribution < 1.29 is 9.13 Å². The van der Waals surface area contributed by atoms with E-state index in [0.29, 0.717) is 5.75 Å². The number of rotatable bonds is 4. The van der Waals surface area contributed by atoms with Gasteiger partial charge in [0.2, 0.25) is 0 Å². The Kier molecular flexibility index (Phi) is 5.30. The van der Waals surface area contributed by atoms with Gasteiger partial charge in [-0.15, -0.1) is 0 Å². The van der Waals surface area contributed by atoms with Crippen LogP contribution in [0.3, 0.4) is 0 Å². The molecule has 1 saturated heterocycles. The zero-order valence-electron chi connectivity index (χ0n) is 13.1. The van der Waals surface area contributed by atoms with Gasteiger partial charge in [-0.25, -0.2) is 4.39 Å². The lowest BCUT2D eigenvalue weighted by Gasteiger charge is -2.36. The van der Waals surface area contributed by atoms with Gasteiger partial charge >= 0.3 is 0 Å². The SMILES string of the molecule is COc1ccc(F)cc1C(c1ccccc1Br)N1CCNCC1. The van der Waals surface area contributed by atoms with E-state index in [0.717, 1.165) is 41.8 Å². The number of hydrogen-bond acceptors (Lipinski definition) is 3. The summed E-state index contributed by atoms with van der Waals surface area (Å²) in [4.78, 5) is 2.37. The maximum absolute atomic E-state index is 13.9. The van der Waals surface area contributed by atoms with Crippen molar-refractivity contribution in [3.05, 3.63) is 63.9 Å². The van der Waals surface area contributed by atoms with Crippen LogP contribution in [0.1, 0.15) is 17.2 Å². The van der Waals surface area contributed by atoms with Crippen molar-refractivity contribution in [2.45, 2.75) is 6.04 Å². The molecule has 1 unspecified atom stereocenters. The van der Waals surface area contributed by atoms with Gasteiger partial charge in [0.25, 0.3) is 0 Å². The van der Waals surface area contributed by atoms with Crippen molar-refractivity contribution in [1.29, 1.82) is 0 Å². The van der Waals surface area contributed by atoms with E-state index in [9.17, 15) is 4.39 Å². The average molecular weight is 379 g/mol. The van der Waals surface area contributed by atoms with E-state index in [-0.39, 0.29) is 11.9 Å². The Morgan fingerprint density at radius 2 is 1.87 bits per heavy atom. The van der Waals surface area contributed by atoms with E-state index in [1.54, 1.807) is 19.2 Å². The first-order chi connectivity index (χ1) is 11.2. The number of hydrogen-bond donors (Lipinski definition) is 1. The number of benzene rings is 2. The summed E-state index contributed by atoms with van der Waals surface area (Å²) in [5, 5.41) is 3.37. The monoisotopic (exact) mass is 378 g/mol. The van der Waals surface area contributed by atoms with Gasteiger partial charge in [0.05, 0.1) is 13.2 Å². The fourth-order valence-corrected chi connectivity index (χ4v) is 3.62. The third kappa shape index (κ3) is 3.57. The number of methoxy groups -OCH3 is 1. The summed E-state index contributed by atoms with van der Waals surface area (Å²) in [6.07, 6.45) is 0. The van der Waals surface area contributed by atoms with E-state index in [1.807, 2.05) is 18.2 Å². The highest BCUT2D eigenvalue weighted by molar-refractivity contribution is 9.10. The van der Waals surface area contributed by atoms with E-state index < -0.39 is 0 Å². The first-order valence-corrected chi connectivity index (χ1v) is 8.52. The Bertz CT molecular complexity index is 674. The Balaban J connectivity index is 2.12. The van der Waals surface area contributed by atoms with Gasteiger partial charge in [-0.05, 0) is 29.8 Å². The summed E-state index contributed by atoms with van der Waals surface area (Å²) in [6, 6.07) is 12.8. The molecule has 0 bridgehead atoms. The highest BCUT2D eigenvalue weighted by Gasteiger charge is 2.28. The molecule has 0 aliphatic carbocycles. The lowest BCUT2D eigenvalue weighted by molar-refractivity contribution is 0.194. The molecule has 1 N–H and O–H groups in total. The predicted molar refractivity (Wildman–Crippen MR) is 93.4 cm³/mol. The molecule has 5 heteroatoms. The van der Waals surface area contributed by atoms with Crippen LogP contribution in [0.25, 0.3) is 0 Å². The molecule has 3 nitrogen and oxygen atoms in total. The van der Waals surface area contributed by atoms with Gasteiger partial charge in [-0.2, -0.15) is 0 Å². The van der Waals surface area contributed by atoms with Crippen molar-refractivity contribution in [1.82, 2.24) is 10.2 Å². The lowest BCUT2D eigenvalue weighted by atomic mass is 9.95. The molecule has 0 saturated carbocycles. The van der Waals surface area contributed by atoms with Crippen molar-refractivity contribution in [2.75, 3.05) is 33.3 Å². The zero-order valence-corrected chi connectivity index (χ0v) is 14.6. The summed E-state index contributed by atoms with van der Waals surface area (Å²) < 4.78 is 20.5. The van der Waals surface area contributed by atoms with Crippen LogP contribution in [-0.2, 0) is 0 Å². The van der Waals surface area contributed by atoms with Crippen LogP contribution in [0.5, 0.6) is 5.75 Å². The molecule has 2 aromatic carbocycles. The van der Waals surface area contributed by atoms with Gasteiger partial charge in [0.1, 0.15) is 11.6 Å². The molecular formula is C18H20BrFN2O. The van der Waals surface area contributed by atoms with E-state index in [2.05, 4.69) is 32.2 Å². The second kappa shape index (κ2) is 7.43. The Hall–Kier alpha value is -1.43. The fraction of sp³-hybridized carbons (Fsp3) is 0.333. The van der Waals surface area contributed by atoms with Gasteiger partial charge in [-0.3, -0.25) is 4.90 Å². The fourth-order valence-electron chi connectivity index (χ4n) is 3.12. The van der Waals surface area contributed by atoms with Gasteiger partial charge < -0.3 is 10.1 Å². The van der Waals surface area contributed by atoms with E-state index in [1.165, 1.54) is 6.07 Å². The lowest BCUT2D eigenvalue weighted by Crippen LogP contribution is -2.45. The Labute approximate surface area is 144 Å². The Morgan fingerprint density at radius 1 is 1.13 bits per heavy atom. The number of ether oxygens (including phenoxy) is 1. The first kappa shape index (κ1) is 16.4. The number of halogens is 2. The molecule has 0 amide bonds. The molecule has 0 spiro atoms. The molecule has 1 fully saturated rings. The van der Waals surface area contributed by atoms with Gasteiger partial charge in [0.15, 0.2) is 0 Å². The molecule has 0 radical (unpaired) electrons. The molecule has 3 rings (SSSR count). The normalized spacial score (nSPS) is 17.0. The topological polar surface area (TPSA) is 24.5 Å². The van der Waals surface area contributed by atoms with Crippen LogP contribution in [0, 0.1) is 5.82 Å². The summed E-state index contributed by atoms with van der Waals surface area (Å²) >= 11 is 3.65. The van der Waals surface area contributed by atoms with Crippen LogP contribution in [0.15, 0.2) is 46.9 Å². The number of nitrogens with one attached hydrogen (secondary N) is 1. The van der Waals surface area contributed by atoms with E-state index >= 15 is 0 Å². The molecule has 1 aliphatic heterocycles. The largest absolute Gasteiger partial charge is 0.496 e. The third-order valence-corrected chi connectivity index (χ3v) is 4.93. The standard InChI is InChI=1S/C18H20BrFN2O/c1-23-17-7-6-13(20)12-15(17)18(22-10-8-21-9-11-22)14-4-2-3-5-16(14)19/h2-7,12,18,21H,8-11H2,1H3. The Morgan fingerprint density at radius 3 is 2.57 bits per heavy atom.